The first kappa shape index (κ1) is 9.40. The van der Waals surface area contributed by atoms with Gasteiger partial charge in [-0.05, 0) is 6.92 Å². The molecule has 0 aliphatic heterocycles. The predicted molar refractivity (Wildman–Crippen MR) is 32.1 cm³/mol. The fraction of sp³-hybridized carbons (Fsp3) is 1.00. The average molecular weight is 179 g/mol. The van der Waals surface area contributed by atoms with E-state index < -0.39 is 10.9 Å². The van der Waals surface area contributed by atoms with Crippen molar-refractivity contribution in [3.05, 3.63) is 0 Å². The zero-order valence-corrected chi connectivity index (χ0v) is 6.22. The molecule has 0 aromatic rings. The molecule has 0 aromatic carbocycles. The lowest BCUT2D eigenvalue weighted by Crippen LogP contribution is -2.28. The molecule has 9 heavy (non-hydrogen) atoms. The second kappa shape index (κ2) is 3.54. The number of rotatable bonds is 3. The summed E-state index contributed by atoms with van der Waals surface area (Å²) >= 11 is 9.68. The van der Waals surface area contributed by atoms with E-state index in [4.69, 9.17) is 23.2 Å². The Hall–Kier alpha value is 0.400. The zero-order valence-electron chi connectivity index (χ0n) is 4.70. The van der Waals surface area contributed by atoms with Crippen molar-refractivity contribution >= 4 is 23.2 Å². The van der Waals surface area contributed by atoms with Gasteiger partial charge in [0.25, 0.3) is 0 Å². The summed E-state index contributed by atoms with van der Waals surface area (Å²) in [5.74, 6) is 0. The van der Waals surface area contributed by atoms with Crippen LogP contribution < -0.4 is 0 Å². The van der Waals surface area contributed by atoms with Crippen molar-refractivity contribution in [2.45, 2.75) is 17.9 Å². The molecule has 5 heteroatoms. The van der Waals surface area contributed by atoms with Gasteiger partial charge >= 0.3 is 6.11 Å². The van der Waals surface area contributed by atoms with E-state index >= 15 is 0 Å². The van der Waals surface area contributed by atoms with Gasteiger partial charge in [-0.2, -0.15) is 8.78 Å². The minimum Gasteiger partial charge on any atom is -0.319 e. The number of alkyl halides is 4. The summed E-state index contributed by atoms with van der Waals surface area (Å²) in [5, 5.41) is 0. The summed E-state index contributed by atoms with van der Waals surface area (Å²) in [4.78, 5) is -1.79. The van der Waals surface area contributed by atoms with Crippen molar-refractivity contribution in [3.8, 4) is 0 Å². The topological polar surface area (TPSA) is 9.23 Å². The first-order chi connectivity index (χ1) is 4.00. The molecular formula is C4H6Cl2F2O. The highest BCUT2D eigenvalue weighted by Crippen LogP contribution is 2.27. The minimum absolute atomic E-state index is 0.108. The zero-order chi connectivity index (χ0) is 7.49. The summed E-state index contributed by atoms with van der Waals surface area (Å²) in [6.07, 6.45) is -3.42. The lowest BCUT2D eigenvalue weighted by molar-refractivity contribution is -0.224. The molecule has 0 aromatic heterocycles. The van der Waals surface area contributed by atoms with Gasteiger partial charge in [0.1, 0.15) is 0 Å². The lowest BCUT2D eigenvalue weighted by atomic mass is 10.7. The second-order valence-electron chi connectivity index (χ2n) is 1.30. The quantitative estimate of drug-likeness (QED) is 0.604. The maximum Gasteiger partial charge on any atom is 0.385 e. The molecule has 0 atom stereocenters. The Bertz CT molecular complexity index is 86.6. The van der Waals surface area contributed by atoms with Crippen LogP contribution in [0.15, 0.2) is 0 Å². The van der Waals surface area contributed by atoms with Crippen LogP contribution in [-0.2, 0) is 4.74 Å². The number of hydrogen-bond acceptors (Lipinski definition) is 1. The van der Waals surface area contributed by atoms with Crippen LogP contribution in [0.25, 0.3) is 0 Å². The van der Waals surface area contributed by atoms with Crippen molar-refractivity contribution in [1.29, 1.82) is 0 Å². The van der Waals surface area contributed by atoms with Gasteiger partial charge in [0, 0.05) is 0 Å². The van der Waals surface area contributed by atoms with Crippen LogP contribution in [0.4, 0.5) is 8.78 Å². The number of hydrogen-bond donors (Lipinski definition) is 0. The first-order valence-corrected chi connectivity index (χ1v) is 3.18. The molecule has 0 amide bonds. The molecule has 0 bridgehead atoms. The molecule has 0 spiro atoms. The Morgan fingerprint density at radius 2 is 2.00 bits per heavy atom. The Morgan fingerprint density at radius 1 is 1.56 bits per heavy atom. The highest BCUT2D eigenvalue weighted by atomic mass is 35.5. The summed E-state index contributed by atoms with van der Waals surface area (Å²) < 4.78 is 28.0. The molecule has 0 heterocycles. The molecule has 1 nitrogen and oxygen atoms in total. The molecule has 0 rings (SSSR count). The molecular weight excluding hydrogens is 173 g/mol. The van der Waals surface area contributed by atoms with Crippen molar-refractivity contribution in [3.63, 3.8) is 0 Å². The van der Waals surface area contributed by atoms with Gasteiger partial charge in [-0.3, -0.25) is 0 Å². The monoisotopic (exact) mass is 178 g/mol. The van der Waals surface area contributed by atoms with Gasteiger partial charge in [0.05, 0.1) is 6.61 Å². The third-order valence-electron chi connectivity index (χ3n) is 0.591. The van der Waals surface area contributed by atoms with Gasteiger partial charge in [0.15, 0.2) is 4.84 Å². The van der Waals surface area contributed by atoms with E-state index in [9.17, 15) is 8.78 Å². The average Bonchev–Trinajstić information content (AvgIpc) is 1.65. The molecule has 0 saturated heterocycles. The van der Waals surface area contributed by atoms with Crippen LogP contribution in [0.5, 0.6) is 0 Å². The van der Waals surface area contributed by atoms with Crippen LogP contribution in [0, 0.1) is 0 Å². The Balaban J connectivity index is 3.70. The van der Waals surface area contributed by atoms with Gasteiger partial charge in [-0.1, -0.05) is 23.2 Å². The molecule has 0 N–H and O–H groups in total. The number of ether oxygens (including phenoxy) is 1. The Labute approximate surface area is 61.9 Å². The van der Waals surface area contributed by atoms with Crippen molar-refractivity contribution in [1.82, 2.24) is 0 Å². The summed E-state index contributed by atoms with van der Waals surface area (Å²) in [6, 6.07) is 0. The van der Waals surface area contributed by atoms with Gasteiger partial charge in [-0.15, -0.1) is 0 Å². The van der Waals surface area contributed by atoms with E-state index in [1.54, 1.807) is 0 Å². The third kappa shape index (κ3) is 3.18. The van der Waals surface area contributed by atoms with E-state index in [1.165, 1.54) is 6.92 Å². The first-order valence-electron chi connectivity index (χ1n) is 2.30. The summed E-state index contributed by atoms with van der Waals surface area (Å²) in [6.45, 7) is 1.33. The smallest absolute Gasteiger partial charge is 0.319 e. The van der Waals surface area contributed by atoms with Gasteiger partial charge < -0.3 is 4.74 Å². The van der Waals surface area contributed by atoms with Crippen molar-refractivity contribution in [2.75, 3.05) is 6.61 Å². The van der Waals surface area contributed by atoms with E-state index in [1.807, 2.05) is 0 Å². The molecule has 0 unspecified atom stereocenters. The molecule has 0 aliphatic carbocycles. The summed E-state index contributed by atoms with van der Waals surface area (Å²) in [7, 11) is 0. The Morgan fingerprint density at radius 3 is 2.11 bits per heavy atom. The molecule has 0 saturated carbocycles. The Kier molecular flexibility index (Phi) is 3.70. The van der Waals surface area contributed by atoms with Crippen LogP contribution in [0.1, 0.15) is 6.92 Å². The maximum atomic E-state index is 12.1. The van der Waals surface area contributed by atoms with Crippen molar-refractivity contribution in [2.24, 2.45) is 0 Å². The maximum absolute atomic E-state index is 12.1. The molecule has 56 valence electrons. The molecule has 0 fully saturated rings. The normalized spacial score (nSPS) is 12.7. The van der Waals surface area contributed by atoms with Crippen LogP contribution in [-0.4, -0.2) is 17.6 Å². The van der Waals surface area contributed by atoms with Gasteiger partial charge in [-0.25, -0.2) is 0 Å². The van der Waals surface area contributed by atoms with E-state index in [2.05, 4.69) is 4.74 Å². The summed E-state index contributed by atoms with van der Waals surface area (Å²) in [5.41, 5.74) is 0. The van der Waals surface area contributed by atoms with E-state index in [0.29, 0.717) is 0 Å². The van der Waals surface area contributed by atoms with Crippen LogP contribution in [0.2, 0.25) is 0 Å². The standard InChI is InChI=1S/C4H6Cl2F2O/c1-2-9-4(7,8)3(5)6/h3H,2H2,1H3. The minimum atomic E-state index is -3.42. The van der Waals surface area contributed by atoms with Crippen molar-refractivity contribution < 1.29 is 13.5 Å². The predicted octanol–water partition coefficient (Wildman–Crippen LogP) is 2.42. The fourth-order valence-electron chi connectivity index (χ4n) is 0.255. The van der Waals surface area contributed by atoms with Crippen LogP contribution in [0.3, 0.4) is 0 Å². The SMILES string of the molecule is CCOC(F)(F)C(Cl)Cl. The molecule has 0 aliphatic rings. The molecule has 0 radical (unpaired) electrons. The fourth-order valence-corrected chi connectivity index (χ4v) is 0.381. The highest BCUT2D eigenvalue weighted by molar-refractivity contribution is 6.44. The number of halogens is 4. The lowest BCUT2D eigenvalue weighted by Gasteiger charge is -2.15. The third-order valence-corrected chi connectivity index (χ3v) is 1.10. The van der Waals surface area contributed by atoms with E-state index in [0.717, 1.165) is 0 Å². The second-order valence-corrected chi connectivity index (χ2v) is 2.39. The van der Waals surface area contributed by atoms with E-state index in [-0.39, 0.29) is 6.61 Å². The largest absolute Gasteiger partial charge is 0.385 e. The van der Waals surface area contributed by atoms with Crippen LogP contribution >= 0.6 is 23.2 Å². The van der Waals surface area contributed by atoms with Gasteiger partial charge in [0.2, 0.25) is 0 Å². The highest BCUT2D eigenvalue weighted by Gasteiger charge is 2.37.